The molecular weight excluding hydrogens is 192 g/mol. The lowest BCUT2D eigenvalue weighted by atomic mass is 9.72. The van der Waals surface area contributed by atoms with E-state index in [2.05, 4.69) is 27.0 Å². The van der Waals surface area contributed by atoms with Crippen LogP contribution in [0.3, 0.4) is 0 Å². The summed E-state index contributed by atoms with van der Waals surface area (Å²) in [5.74, 6) is 1.77. The van der Waals surface area contributed by atoms with Crippen molar-refractivity contribution in [1.29, 1.82) is 0 Å². The first-order valence-electron chi connectivity index (χ1n) is 5.64. The third-order valence-electron chi connectivity index (χ3n) is 3.32. The highest BCUT2D eigenvalue weighted by Crippen LogP contribution is 2.38. The molecule has 1 saturated carbocycles. The Kier molecular flexibility index (Phi) is 4.78. The molecule has 1 rings (SSSR count). The van der Waals surface area contributed by atoms with Gasteiger partial charge in [-0.15, -0.1) is 11.8 Å². The Labute approximate surface area is 93.0 Å². The summed E-state index contributed by atoms with van der Waals surface area (Å²) in [4.78, 5) is 0. The molecule has 0 unspecified atom stereocenters. The van der Waals surface area contributed by atoms with Crippen molar-refractivity contribution in [2.24, 2.45) is 11.3 Å². The third kappa shape index (κ3) is 3.82. The van der Waals surface area contributed by atoms with Gasteiger partial charge in [-0.1, -0.05) is 20.8 Å². The molecule has 1 aliphatic carbocycles. The van der Waals surface area contributed by atoms with Gasteiger partial charge in [-0.25, -0.2) is 0 Å². The van der Waals surface area contributed by atoms with Crippen molar-refractivity contribution in [2.45, 2.75) is 52.6 Å². The second-order valence-corrected chi connectivity index (χ2v) is 6.23. The molecule has 0 N–H and O–H groups in total. The Morgan fingerprint density at radius 1 is 1.14 bits per heavy atom. The molecule has 0 bridgehead atoms. The Hall–Kier alpha value is 0.310. The van der Waals surface area contributed by atoms with Crippen LogP contribution in [0, 0.1) is 11.3 Å². The number of rotatable bonds is 3. The molecule has 14 heavy (non-hydrogen) atoms. The summed E-state index contributed by atoms with van der Waals surface area (Å²) in [6, 6.07) is 0. The van der Waals surface area contributed by atoms with Gasteiger partial charge in [0.1, 0.15) is 0 Å². The highest BCUT2D eigenvalue weighted by Gasteiger charge is 2.29. The van der Waals surface area contributed by atoms with Gasteiger partial charge in [0.25, 0.3) is 0 Å². The molecule has 2 heteroatoms. The van der Waals surface area contributed by atoms with Crippen LogP contribution < -0.4 is 0 Å². The van der Waals surface area contributed by atoms with E-state index in [0.717, 1.165) is 11.9 Å². The van der Waals surface area contributed by atoms with Crippen molar-refractivity contribution in [3.8, 4) is 0 Å². The van der Waals surface area contributed by atoms with E-state index in [1.54, 1.807) is 11.8 Å². The molecule has 0 atom stereocenters. The summed E-state index contributed by atoms with van der Waals surface area (Å²) in [6.45, 7) is 7.09. The van der Waals surface area contributed by atoms with Crippen LogP contribution >= 0.6 is 11.8 Å². The maximum atomic E-state index is 5.76. The Morgan fingerprint density at radius 2 is 1.71 bits per heavy atom. The van der Waals surface area contributed by atoms with Crippen molar-refractivity contribution < 1.29 is 4.74 Å². The van der Waals surface area contributed by atoms with Crippen LogP contribution in [0.4, 0.5) is 0 Å². The van der Waals surface area contributed by atoms with E-state index >= 15 is 0 Å². The molecule has 0 radical (unpaired) electrons. The van der Waals surface area contributed by atoms with E-state index in [1.807, 2.05) is 0 Å². The van der Waals surface area contributed by atoms with E-state index in [4.69, 9.17) is 4.74 Å². The zero-order valence-electron chi connectivity index (χ0n) is 10.0. The van der Waals surface area contributed by atoms with Gasteiger partial charge in [-0.2, -0.15) is 0 Å². The van der Waals surface area contributed by atoms with Crippen molar-refractivity contribution in [2.75, 3.05) is 12.2 Å². The van der Waals surface area contributed by atoms with Crippen LogP contribution in [0.1, 0.15) is 46.5 Å². The van der Waals surface area contributed by atoms with Crippen molar-refractivity contribution in [1.82, 2.24) is 0 Å². The maximum Gasteiger partial charge on any atom is 0.0921 e. The van der Waals surface area contributed by atoms with Crippen LogP contribution in [0.2, 0.25) is 0 Å². The van der Waals surface area contributed by atoms with E-state index in [9.17, 15) is 0 Å². The minimum atomic E-state index is 0.491. The highest BCUT2D eigenvalue weighted by molar-refractivity contribution is 7.98. The molecule has 0 aromatic carbocycles. The van der Waals surface area contributed by atoms with Crippen LogP contribution in [-0.4, -0.2) is 18.3 Å². The van der Waals surface area contributed by atoms with Gasteiger partial charge in [-0.3, -0.25) is 0 Å². The monoisotopic (exact) mass is 216 g/mol. The zero-order valence-corrected chi connectivity index (χ0v) is 10.8. The maximum absolute atomic E-state index is 5.76. The van der Waals surface area contributed by atoms with Crippen LogP contribution in [0.15, 0.2) is 0 Å². The predicted molar refractivity (Wildman–Crippen MR) is 64.7 cm³/mol. The lowest BCUT2D eigenvalue weighted by molar-refractivity contribution is 0.0277. The molecule has 1 aliphatic rings. The number of ether oxygens (including phenoxy) is 1. The summed E-state index contributed by atoms with van der Waals surface area (Å²) in [6.07, 6.45) is 7.87. The van der Waals surface area contributed by atoms with Crippen molar-refractivity contribution in [3.05, 3.63) is 0 Å². The molecule has 84 valence electrons. The van der Waals surface area contributed by atoms with Gasteiger partial charge in [0.05, 0.1) is 12.0 Å². The lowest BCUT2D eigenvalue weighted by Gasteiger charge is -2.36. The zero-order chi connectivity index (χ0) is 10.6. The highest BCUT2D eigenvalue weighted by atomic mass is 32.2. The normalized spacial score (nSPS) is 29.1. The molecule has 0 heterocycles. The fourth-order valence-corrected chi connectivity index (χ4v) is 2.59. The fourth-order valence-electron chi connectivity index (χ4n) is 2.26. The van der Waals surface area contributed by atoms with Gasteiger partial charge < -0.3 is 4.74 Å². The Bertz CT molecular complexity index is 154. The Morgan fingerprint density at radius 3 is 2.14 bits per heavy atom. The number of thioether (sulfide) groups is 1. The SMILES string of the molecule is CSCOC1CCC(C(C)(C)C)CC1. The van der Waals surface area contributed by atoms with Gasteiger partial charge in [0.2, 0.25) is 0 Å². The lowest BCUT2D eigenvalue weighted by Crippen LogP contribution is -2.29. The first-order chi connectivity index (χ1) is 6.54. The minimum Gasteiger partial charge on any atom is -0.368 e. The summed E-state index contributed by atoms with van der Waals surface area (Å²) < 4.78 is 5.76. The fraction of sp³-hybridized carbons (Fsp3) is 1.00. The molecule has 1 nitrogen and oxygen atoms in total. The van der Waals surface area contributed by atoms with Crippen LogP contribution in [-0.2, 0) is 4.74 Å². The molecule has 0 aromatic rings. The molecule has 0 amide bonds. The predicted octanol–water partition coefficient (Wildman–Crippen LogP) is 3.93. The summed E-state index contributed by atoms with van der Waals surface area (Å²) >= 11 is 1.78. The average Bonchev–Trinajstić information content (AvgIpc) is 2.14. The average molecular weight is 216 g/mol. The molecule has 0 spiro atoms. The summed E-state index contributed by atoms with van der Waals surface area (Å²) in [5, 5.41) is 0. The first kappa shape index (κ1) is 12.4. The van der Waals surface area contributed by atoms with Crippen LogP contribution in [0.5, 0.6) is 0 Å². The second-order valence-electron chi connectivity index (χ2n) is 5.41. The van der Waals surface area contributed by atoms with E-state index in [-0.39, 0.29) is 0 Å². The number of hydrogen-bond acceptors (Lipinski definition) is 2. The smallest absolute Gasteiger partial charge is 0.0921 e. The topological polar surface area (TPSA) is 9.23 Å². The number of hydrogen-bond donors (Lipinski definition) is 0. The third-order valence-corrected chi connectivity index (χ3v) is 3.69. The second kappa shape index (κ2) is 5.41. The van der Waals surface area contributed by atoms with Gasteiger partial charge in [-0.05, 0) is 43.3 Å². The largest absolute Gasteiger partial charge is 0.368 e. The summed E-state index contributed by atoms with van der Waals surface area (Å²) in [7, 11) is 0. The van der Waals surface area contributed by atoms with E-state index < -0.39 is 0 Å². The molecule has 0 aromatic heterocycles. The molecule has 1 fully saturated rings. The molecular formula is C12H24OS. The van der Waals surface area contributed by atoms with Crippen LogP contribution in [0.25, 0.3) is 0 Å². The van der Waals surface area contributed by atoms with Gasteiger partial charge in [0.15, 0.2) is 0 Å². The van der Waals surface area contributed by atoms with Gasteiger partial charge >= 0.3 is 0 Å². The van der Waals surface area contributed by atoms with E-state index in [1.165, 1.54) is 25.7 Å². The molecule has 0 saturated heterocycles. The quantitative estimate of drug-likeness (QED) is 0.661. The van der Waals surface area contributed by atoms with E-state index in [0.29, 0.717) is 11.5 Å². The summed E-state index contributed by atoms with van der Waals surface area (Å²) in [5.41, 5.74) is 0.491. The first-order valence-corrected chi connectivity index (χ1v) is 7.04. The standard InChI is InChI=1S/C12H24OS/c1-12(2,3)10-5-7-11(8-6-10)13-9-14-4/h10-11H,5-9H2,1-4H3. The van der Waals surface area contributed by atoms with Gasteiger partial charge in [0, 0.05) is 0 Å². The van der Waals surface area contributed by atoms with Crippen molar-refractivity contribution >= 4 is 11.8 Å². The minimum absolute atomic E-state index is 0.491. The molecule has 0 aliphatic heterocycles. The van der Waals surface area contributed by atoms with Crippen molar-refractivity contribution in [3.63, 3.8) is 0 Å². The Balaban J connectivity index is 2.24.